The molecule has 0 aliphatic carbocycles. The van der Waals surface area contributed by atoms with E-state index in [0.29, 0.717) is 44.4 Å². The highest BCUT2D eigenvalue weighted by molar-refractivity contribution is 7.98. The Labute approximate surface area is 210 Å². The average molecular weight is 513 g/mol. The SMILES string of the molecule is COc1ccc(Cl)cc1-c1cc(C)ncc1C(=O)Nc1nnc(OCc2ccc(SC)cc2)s1. The van der Waals surface area contributed by atoms with Gasteiger partial charge in [-0.1, -0.05) is 28.8 Å². The number of pyridine rings is 1. The lowest BCUT2D eigenvalue weighted by molar-refractivity contribution is 0.102. The Hall–Kier alpha value is -3.14. The second kappa shape index (κ2) is 10.9. The van der Waals surface area contributed by atoms with E-state index in [4.69, 9.17) is 21.1 Å². The molecule has 4 rings (SSSR count). The van der Waals surface area contributed by atoms with E-state index < -0.39 is 0 Å². The van der Waals surface area contributed by atoms with Crippen molar-refractivity contribution in [1.82, 2.24) is 15.2 Å². The molecule has 0 aliphatic heterocycles. The van der Waals surface area contributed by atoms with E-state index in [1.54, 1.807) is 37.1 Å². The van der Waals surface area contributed by atoms with Gasteiger partial charge in [0.05, 0.1) is 12.7 Å². The van der Waals surface area contributed by atoms with Crippen LogP contribution in [0.15, 0.2) is 59.6 Å². The third-order valence-corrected chi connectivity index (χ3v) is 6.62. The minimum absolute atomic E-state index is 0.322. The minimum atomic E-state index is -0.375. The van der Waals surface area contributed by atoms with E-state index in [9.17, 15) is 4.79 Å². The summed E-state index contributed by atoms with van der Waals surface area (Å²) in [5.41, 5.74) is 3.48. The van der Waals surface area contributed by atoms with Gasteiger partial charge in [-0.2, -0.15) is 0 Å². The zero-order chi connectivity index (χ0) is 24.1. The summed E-state index contributed by atoms with van der Waals surface area (Å²) in [5, 5.41) is 12.1. The lowest BCUT2D eigenvalue weighted by Crippen LogP contribution is -2.14. The first kappa shape index (κ1) is 24.0. The maximum atomic E-state index is 13.1. The number of benzene rings is 2. The summed E-state index contributed by atoms with van der Waals surface area (Å²) in [4.78, 5) is 18.6. The smallest absolute Gasteiger partial charge is 0.296 e. The molecule has 2 aromatic heterocycles. The van der Waals surface area contributed by atoms with Crippen molar-refractivity contribution < 1.29 is 14.3 Å². The Balaban J connectivity index is 1.50. The van der Waals surface area contributed by atoms with Crippen LogP contribution in [-0.2, 0) is 6.61 Å². The van der Waals surface area contributed by atoms with Crippen LogP contribution in [0.1, 0.15) is 21.6 Å². The third-order valence-electron chi connectivity index (χ3n) is 4.89. The van der Waals surface area contributed by atoms with Gasteiger partial charge in [0.25, 0.3) is 11.1 Å². The molecular weight excluding hydrogens is 492 g/mol. The molecule has 34 heavy (non-hydrogen) atoms. The van der Waals surface area contributed by atoms with Crippen molar-refractivity contribution in [2.75, 3.05) is 18.7 Å². The number of rotatable bonds is 8. The lowest BCUT2D eigenvalue weighted by atomic mass is 9.99. The van der Waals surface area contributed by atoms with Gasteiger partial charge in [-0.25, -0.2) is 0 Å². The molecule has 1 N–H and O–H groups in total. The second-order valence-corrected chi connectivity index (χ2v) is 9.44. The average Bonchev–Trinajstić information content (AvgIpc) is 3.30. The van der Waals surface area contributed by atoms with Gasteiger partial charge in [-0.05, 0) is 66.5 Å². The first-order valence-electron chi connectivity index (χ1n) is 10.2. The molecule has 0 aliphatic rings. The number of hydrogen-bond donors (Lipinski definition) is 1. The monoisotopic (exact) mass is 512 g/mol. The fourth-order valence-corrected chi connectivity index (χ4v) is 4.37. The number of carbonyl (C=O) groups excluding carboxylic acids is 1. The molecule has 2 aromatic carbocycles. The van der Waals surface area contributed by atoms with E-state index in [2.05, 4.69) is 20.5 Å². The maximum Gasteiger partial charge on any atom is 0.296 e. The van der Waals surface area contributed by atoms with Crippen LogP contribution in [0.4, 0.5) is 5.13 Å². The molecule has 0 bridgehead atoms. The van der Waals surface area contributed by atoms with Crippen LogP contribution in [0, 0.1) is 6.92 Å². The number of anilines is 1. The number of amides is 1. The van der Waals surface area contributed by atoms with Gasteiger partial charge >= 0.3 is 0 Å². The van der Waals surface area contributed by atoms with Gasteiger partial charge in [0.15, 0.2) is 0 Å². The highest BCUT2D eigenvalue weighted by Gasteiger charge is 2.19. The standard InChI is InChI=1S/C24H21ClN4O3S2/c1-14-10-18(19-11-16(25)6-9-21(19)31-2)20(12-26-14)22(30)27-23-28-29-24(34-23)32-13-15-4-7-17(33-3)8-5-15/h4-12H,13H2,1-3H3,(H,27,28,30). The predicted octanol–water partition coefficient (Wildman–Crippen LogP) is 6.12. The van der Waals surface area contributed by atoms with Crippen LogP contribution in [0.25, 0.3) is 11.1 Å². The number of methoxy groups -OCH3 is 1. The highest BCUT2D eigenvalue weighted by atomic mass is 35.5. The number of thioether (sulfide) groups is 1. The quantitative estimate of drug-likeness (QED) is 0.284. The summed E-state index contributed by atoms with van der Waals surface area (Å²) >= 11 is 9.05. The summed E-state index contributed by atoms with van der Waals surface area (Å²) < 4.78 is 11.2. The Morgan fingerprint density at radius 3 is 2.65 bits per heavy atom. The minimum Gasteiger partial charge on any atom is -0.496 e. The van der Waals surface area contributed by atoms with E-state index in [1.807, 2.05) is 43.5 Å². The van der Waals surface area contributed by atoms with Crippen molar-refractivity contribution in [3.63, 3.8) is 0 Å². The van der Waals surface area contributed by atoms with Gasteiger partial charge in [0.2, 0.25) is 5.13 Å². The molecule has 2 heterocycles. The first-order chi connectivity index (χ1) is 16.5. The topological polar surface area (TPSA) is 86.2 Å². The number of carbonyl (C=O) groups is 1. The lowest BCUT2D eigenvalue weighted by Gasteiger charge is -2.13. The van der Waals surface area contributed by atoms with Crippen LogP contribution in [0.3, 0.4) is 0 Å². The zero-order valence-electron chi connectivity index (χ0n) is 18.7. The number of ether oxygens (including phenoxy) is 2. The van der Waals surface area contributed by atoms with Crippen molar-refractivity contribution >= 4 is 45.7 Å². The van der Waals surface area contributed by atoms with E-state index >= 15 is 0 Å². The summed E-state index contributed by atoms with van der Waals surface area (Å²) in [5.74, 6) is 0.223. The molecule has 0 spiro atoms. The third kappa shape index (κ3) is 5.67. The normalized spacial score (nSPS) is 10.7. The summed E-state index contributed by atoms with van der Waals surface area (Å²) in [7, 11) is 1.57. The number of halogens is 1. The molecule has 0 saturated heterocycles. The van der Waals surface area contributed by atoms with Crippen LogP contribution in [0.2, 0.25) is 5.02 Å². The molecule has 0 saturated carbocycles. The molecular formula is C24H21ClN4O3S2. The van der Waals surface area contributed by atoms with Gasteiger partial charge in [-0.15, -0.1) is 16.9 Å². The molecule has 0 fully saturated rings. The second-order valence-electron chi connectivity index (χ2n) is 7.18. The molecule has 0 radical (unpaired) electrons. The molecule has 174 valence electrons. The number of nitrogens with one attached hydrogen (secondary N) is 1. The molecule has 4 aromatic rings. The van der Waals surface area contributed by atoms with E-state index in [0.717, 1.165) is 22.6 Å². The van der Waals surface area contributed by atoms with Gasteiger partial charge in [-0.3, -0.25) is 15.1 Å². The molecule has 1 amide bonds. The largest absolute Gasteiger partial charge is 0.496 e. The molecule has 0 atom stereocenters. The number of hydrogen-bond acceptors (Lipinski definition) is 8. The van der Waals surface area contributed by atoms with Crippen molar-refractivity contribution in [1.29, 1.82) is 0 Å². The fraction of sp³-hybridized carbons (Fsp3) is 0.167. The van der Waals surface area contributed by atoms with Gasteiger partial charge in [0.1, 0.15) is 12.4 Å². The molecule has 10 heteroatoms. The predicted molar refractivity (Wildman–Crippen MR) is 136 cm³/mol. The summed E-state index contributed by atoms with van der Waals surface area (Å²) in [6.07, 6.45) is 3.56. The van der Waals surface area contributed by atoms with Crippen LogP contribution < -0.4 is 14.8 Å². The summed E-state index contributed by atoms with van der Waals surface area (Å²) in [6, 6.07) is 15.2. The number of aryl methyl sites for hydroxylation is 1. The molecule has 0 unspecified atom stereocenters. The number of aromatic nitrogens is 3. The van der Waals surface area contributed by atoms with Crippen LogP contribution >= 0.6 is 34.7 Å². The van der Waals surface area contributed by atoms with E-state index in [-0.39, 0.29) is 5.91 Å². The van der Waals surface area contributed by atoms with Gasteiger partial charge < -0.3 is 9.47 Å². The van der Waals surface area contributed by atoms with E-state index in [1.165, 1.54) is 11.1 Å². The Morgan fingerprint density at radius 1 is 1.12 bits per heavy atom. The fourth-order valence-electron chi connectivity index (χ4n) is 3.20. The van der Waals surface area contributed by atoms with Crippen molar-refractivity contribution in [3.05, 3.63) is 76.6 Å². The van der Waals surface area contributed by atoms with Crippen molar-refractivity contribution in [2.45, 2.75) is 18.4 Å². The summed E-state index contributed by atoms with van der Waals surface area (Å²) in [6.45, 7) is 2.21. The Kier molecular flexibility index (Phi) is 7.66. The van der Waals surface area contributed by atoms with Crippen LogP contribution in [0.5, 0.6) is 10.9 Å². The maximum absolute atomic E-state index is 13.1. The van der Waals surface area contributed by atoms with Gasteiger partial charge in [0, 0.05) is 32.9 Å². The van der Waals surface area contributed by atoms with Crippen molar-refractivity contribution in [3.8, 4) is 22.1 Å². The molecule has 7 nitrogen and oxygen atoms in total. The Morgan fingerprint density at radius 2 is 1.91 bits per heavy atom. The zero-order valence-corrected chi connectivity index (χ0v) is 21.1. The van der Waals surface area contributed by atoms with Crippen molar-refractivity contribution in [2.24, 2.45) is 0 Å². The first-order valence-corrected chi connectivity index (χ1v) is 12.6. The Bertz CT molecular complexity index is 1310. The van der Waals surface area contributed by atoms with Crippen LogP contribution in [-0.4, -0.2) is 34.5 Å². The highest BCUT2D eigenvalue weighted by Crippen LogP contribution is 2.35. The number of nitrogens with zero attached hydrogens (tertiary/aromatic N) is 3.